The third-order valence-electron chi connectivity index (χ3n) is 2.94. The molecule has 0 bridgehead atoms. The molecule has 7 heteroatoms. The molecule has 0 radical (unpaired) electrons. The summed E-state index contributed by atoms with van der Waals surface area (Å²) >= 11 is 0. The second kappa shape index (κ2) is 5.91. The highest BCUT2D eigenvalue weighted by molar-refractivity contribution is 5.99. The third-order valence-corrected chi connectivity index (χ3v) is 2.94. The number of ether oxygens (including phenoxy) is 1. The van der Waals surface area contributed by atoms with Gasteiger partial charge in [-0.25, -0.2) is 0 Å². The zero-order valence-corrected chi connectivity index (χ0v) is 11.2. The number of nitro groups is 1. The highest BCUT2D eigenvalue weighted by Gasteiger charge is 2.16. The van der Waals surface area contributed by atoms with Crippen molar-refractivity contribution in [3.05, 3.63) is 63.7 Å². The van der Waals surface area contributed by atoms with Crippen LogP contribution >= 0.6 is 0 Å². The van der Waals surface area contributed by atoms with Gasteiger partial charge in [-0.3, -0.25) is 10.1 Å². The van der Waals surface area contributed by atoms with Crippen molar-refractivity contribution in [2.75, 3.05) is 0 Å². The zero-order chi connectivity index (χ0) is 15.4. The minimum absolute atomic E-state index is 0.0335. The maximum absolute atomic E-state index is 10.9. The minimum Gasteiger partial charge on any atom is -0.456 e. The molecule has 7 nitrogen and oxygen atoms in total. The molecule has 21 heavy (non-hydrogen) atoms. The van der Waals surface area contributed by atoms with Crippen molar-refractivity contribution < 1.29 is 14.9 Å². The Kier molecular flexibility index (Phi) is 4.03. The molecule has 0 aliphatic rings. The van der Waals surface area contributed by atoms with Gasteiger partial charge in [-0.2, -0.15) is 0 Å². The molecule has 108 valence electrons. The van der Waals surface area contributed by atoms with Crippen LogP contribution in [-0.4, -0.2) is 16.0 Å². The number of benzene rings is 2. The molecule has 2 rings (SSSR count). The van der Waals surface area contributed by atoms with Crippen LogP contribution in [0.15, 0.2) is 47.6 Å². The Morgan fingerprint density at radius 2 is 1.90 bits per heavy atom. The number of nitrogens with two attached hydrogens (primary N) is 1. The molecule has 0 spiro atoms. The Labute approximate surface area is 120 Å². The molecule has 0 aromatic heterocycles. The van der Waals surface area contributed by atoms with Crippen molar-refractivity contribution in [1.29, 1.82) is 0 Å². The van der Waals surface area contributed by atoms with Crippen molar-refractivity contribution in [2.24, 2.45) is 10.9 Å². The fraction of sp³-hybridized carbons (Fsp3) is 0.0714. The first-order valence-electron chi connectivity index (χ1n) is 6.03. The van der Waals surface area contributed by atoms with E-state index in [9.17, 15) is 10.1 Å². The van der Waals surface area contributed by atoms with Crippen molar-refractivity contribution in [2.45, 2.75) is 6.92 Å². The largest absolute Gasteiger partial charge is 0.456 e. The summed E-state index contributed by atoms with van der Waals surface area (Å²) in [5, 5.41) is 22.6. The van der Waals surface area contributed by atoms with Gasteiger partial charge in [0.1, 0.15) is 11.5 Å². The first-order valence-corrected chi connectivity index (χ1v) is 6.03. The lowest BCUT2D eigenvalue weighted by Crippen LogP contribution is -2.14. The quantitative estimate of drug-likeness (QED) is 0.295. The SMILES string of the molecule is Cc1c(Oc2ccccc2/C(N)=N/O)cccc1[N+](=O)[O-]. The number of amidine groups is 1. The highest BCUT2D eigenvalue weighted by atomic mass is 16.6. The second-order valence-electron chi connectivity index (χ2n) is 4.24. The fourth-order valence-electron chi connectivity index (χ4n) is 1.85. The van der Waals surface area contributed by atoms with Crippen LogP contribution in [0.2, 0.25) is 0 Å². The van der Waals surface area contributed by atoms with E-state index in [1.807, 2.05) is 0 Å². The average molecular weight is 287 g/mol. The predicted octanol–water partition coefficient (Wildman–Crippen LogP) is 2.79. The normalized spacial score (nSPS) is 11.2. The van der Waals surface area contributed by atoms with Gasteiger partial charge in [-0.15, -0.1) is 0 Å². The highest BCUT2D eigenvalue weighted by Crippen LogP contribution is 2.32. The minimum atomic E-state index is -0.475. The van der Waals surface area contributed by atoms with E-state index in [1.54, 1.807) is 37.3 Å². The first-order chi connectivity index (χ1) is 10.0. The number of hydrogen-bond acceptors (Lipinski definition) is 5. The van der Waals surface area contributed by atoms with Crippen LogP contribution in [-0.2, 0) is 0 Å². The van der Waals surface area contributed by atoms with Gasteiger partial charge in [0.25, 0.3) is 5.69 Å². The van der Waals surface area contributed by atoms with E-state index in [0.29, 0.717) is 22.6 Å². The Hall–Kier alpha value is -3.09. The molecule has 0 atom stereocenters. The summed E-state index contributed by atoms with van der Waals surface area (Å²) in [6.45, 7) is 1.60. The number of rotatable bonds is 4. The van der Waals surface area contributed by atoms with E-state index in [2.05, 4.69) is 5.16 Å². The van der Waals surface area contributed by atoms with E-state index in [0.717, 1.165) is 0 Å². The standard InChI is InChI=1S/C14H13N3O4/c1-9-11(17(19)20)6-4-8-12(9)21-13-7-3-2-5-10(13)14(15)16-18/h2-8,18H,1H3,(H2,15,16). The Bertz CT molecular complexity index is 713. The molecule has 3 N–H and O–H groups in total. The average Bonchev–Trinajstić information content (AvgIpc) is 2.49. The van der Waals surface area contributed by atoms with Gasteiger partial charge >= 0.3 is 0 Å². The topological polar surface area (TPSA) is 111 Å². The summed E-state index contributed by atoms with van der Waals surface area (Å²) in [7, 11) is 0. The number of hydrogen-bond donors (Lipinski definition) is 2. The molecule has 0 saturated carbocycles. The van der Waals surface area contributed by atoms with Crippen LogP contribution in [0.5, 0.6) is 11.5 Å². The maximum Gasteiger partial charge on any atom is 0.276 e. The van der Waals surface area contributed by atoms with Crippen molar-refractivity contribution >= 4 is 11.5 Å². The molecule has 0 saturated heterocycles. The smallest absolute Gasteiger partial charge is 0.276 e. The summed E-state index contributed by atoms with van der Waals surface area (Å²) < 4.78 is 5.68. The lowest BCUT2D eigenvalue weighted by molar-refractivity contribution is -0.385. The second-order valence-corrected chi connectivity index (χ2v) is 4.24. The van der Waals surface area contributed by atoms with Gasteiger partial charge in [0.15, 0.2) is 5.84 Å². The monoisotopic (exact) mass is 287 g/mol. The van der Waals surface area contributed by atoms with E-state index < -0.39 is 4.92 Å². The number of nitro benzene ring substituents is 1. The lowest BCUT2D eigenvalue weighted by atomic mass is 10.1. The molecule has 2 aromatic rings. The van der Waals surface area contributed by atoms with Gasteiger partial charge in [0.2, 0.25) is 0 Å². The molecular formula is C14H13N3O4. The Morgan fingerprint density at radius 1 is 1.24 bits per heavy atom. The van der Waals surface area contributed by atoms with Crippen LogP contribution in [0.3, 0.4) is 0 Å². The summed E-state index contributed by atoms with van der Waals surface area (Å²) in [4.78, 5) is 10.5. The van der Waals surface area contributed by atoms with Crippen LogP contribution in [0, 0.1) is 17.0 Å². The third kappa shape index (κ3) is 2.92. The van der Waals surface area contributed by atoms with E-state index in [4.69, 9.17) is 15.7 Å². The molecule has 0 amide bonds. The van der Waals surface area contributed by atoms with Gasteiger partial charge in [0, 0.05) is 6.07 Å². The van der Waals surface area contributed by atoms with Crippen LogP contribution < -0.4 is 10.5 Å². The Balaban J connectivity index is 2.44. The van der Waals surface area contributed by atoms with Crippen molar-refractivity contribution in [1.82, 2.24) is 0 Å². The van der Waals surface area contributed by atoms with Crippen molar-refractivity contribution in [3.63, 3.8) is 0 Å². The number of para-hydroxylation sites is 1. The van der Waals surface area contributed by atoms with Gasteiger partial charge in [0.05, 0.1) is 16.1 Å². The summed E-state index contributed by atoms with van der Waals surface area (Å²) in [6.07, 6.45) is 0. The number of nitrogens with zero attached hydrogens (tertiary/aromatic N) is 2. The lowest BCUT2D eigenvalue weighted by Gasteiger charge is -2.12. The summed E-state index contributed by atoms with van der Waals surface area (Å²) in [5.74, 6) is 0.576. The molecule has 0 aliphatic heterocycles. The van der Waals surface area contributed by atoms with Crippen molar-refractivity contribution in [3.8, 4) is 11.5 Å². The first kappa shape index (κ1) is 14.3. The fourth-order valence-corrected chi connectivity index (χ4v) is 1.85. The zero-order valence-electron chi connectivity index (χ0n) is 11.2. The molecule has 0 heterocycles. The van der Waals surface area contributed by atoms with E-state index in [1.165, 1.54) is 12.1 Å². The summed E-state index contributed by atoms with van der Waals surface area (Å²) in [5.41, 5.74) is 6.34. The van der Waals surface area contributed by atoms with E-state index >= 15 is 0 Å². The summed E-state index contributed by atoms with van der Waals surface area (Å²) in [6, 6.07) is 11.2. The Morgan fingerprint density at radius 3 is 2.57 bits per heavy atom. The van der Waals surface area contributed by atoms with Gasteiger partial charge in [-0.05, 0) is 25.1 Å². The maximum atomic E-state index is 10.9. The molecule has 0 unspecified atom stereocenters. The molecule has 2 aromatic carbocycles. The van der Waals surface area contributed by atoms with Crippen LogP contribution in [0.25, 0.3) is 0 Å². The van der Waals surface area contributed by atoms with E-state index in [-0.39, 0.29) is 11.5 Å². The molecule has 0 aliphatic carbocycles. The molecule has 0 fully saturated rings. The van der Waals surface area contributed by atoms with Gasteiger partial charge < -0.3 is 15.7 Å². The number of oxime groups is 1. The van der Waals surface area contributed by atoms with Gasteiger partial charge in [-0.1, -0.05) is 23.4 Å². The predicted molar refractivity (Wildman–Crippen MR) is 76.9 cm³/mol. The van der Waals surface area contributed by atoms with Crippen LogP contribution in [0.1, 0.15) is 11.1 Å². The molecular weight excluding hydrogens is 274 g/mol. The van der Waals surface area contributed by atoms with Crippen LogP contribution in [0.4, 0.5) is 5.69 Å².